The van der Waals surface area contributed by atoms with E-state index >= 15 is 0 Å². The fourth-order valence-electron chi connectivity index (χ4n) is 0.970. The lowest BCUT2D eigenvalue weighted by Crippen LogP contribution is -1.90. The average Bonchev–Trinajstić information content (AvgIpc) is 2.18. The van der Waals surface area contributed by atoms with Gasteiger partial charge >= 0.3 is 0 Å². The first-order valence-corrected chi connectivity index (χ1v) is 5.30. The molecule has 0 aliphatic heterocycles. The van der Waals surface area contributed by atoms with Crippen LogP contribution in [0.25, 0.3) is 0 Å². The van der Waals surface area contributed by atoms with Crippen molar-refractivity contribution in [2.24, 2.45) is 0 Å². The van der Waals surface area contributed by atoms with Crippen LogP contribution in [0.5, 0.6) is 0 Å². The maximum atomic E-state index is 12.8. The molecule has 0 fully saturated rings. The predicted octanol–water partition coefficient (Wildman–Crippen LogP) is 2.91. The van der Waals surface area contributed by atoms with E-state index in [1.54, 1.807) is 13.0 Å². The molecule has 3 heteroatoms. The van der Waals surface area contributed by atoms with E-state index in [4.69, 9.17) is 5.73 Å². The molecule has 1 aromatic carbocycles. The lowest BCUT2D eigenvalue weighted by molar-refractivity contribution is 0.624. The number of nitrogen functional groups attached to an aromatic ring is 1. The predicted molar refractivity (Wildman–Crippen MR) is 59.6 cm³/mol. The van der Waals surface area contributed by atoms with Gasteiger partial charge in [0, 0.05) is 22.8 Å². The highest BCUT2D eigenvalue weighted by molar-refractivity contribution is 7.99. The van der Waals surface area contributed by atoms with Crippen molar-refractivity contribution in [1.29, 1.82) is 0 Å². The Bertz CT molecular complexity index is 365. The summed E-state index contributed by atoms with van der Waals surface area (Å²) in [7, 11) is 0. The van der Waals surface area contributed by atoms with Gasteiger partial charge in [0.1, 0.15) is 5.82 Å². The van der Waals surface area contributed by atoms with Crippen molar-refractivity contribution in [2.75, 3.05) is 11.5 Å². The summed E-state index contributed by atoms with van der Waals surface area (Å²) in [6.45, 7) is 1.81. The van der Waals surface area contributed by atoms with Crippen LogP contribution in [0, 0.1) is 17.7 Å². The smallest absolute Gasteiger partial charge is 0.124 e. The van der Waals surface area contributed by atoms with Crippen molar-refractivity contribution in [2.45, 2.75) is 18.2 Å². The largest absolute Gasteiger partial charge is 0.398 e. The molecule has 0 aromatic heterocycles. The summed E-state index contributed by atoms with van der Waals surface area (Å²) >= 11 is 1.53. The van der Waals surface area contributed by atoms with Crippen molar-refractivity contribution in [3.63, 3.8) is 0 Å². The molecule has 0 aliphatic rings. The van der Waals surface area contributed by atoms with E-state index in [2.05, 4.69) is 11.8 Å². The van der Waals surface area contributed by atoms with Crippen LogP contribution in [0.2, 0.25) is 0 Å². The standard InChI is InChI=1S/C11H12FNS/c1-2-3-4-7-14-11-8-9(12)5-6-10(11)13/h5-6,8H,4,7,13H2,1H3. The quantitative estimate of drug-likeness (QED) is 0.358. The normalized spacial score (nSPS) is 9.29. The fraction of sp³-hybridized carbons (Fsp3) is 0.273. The van der Waals surface area contributed by atoms with E-state index in [1.807, 2.05) is 0 Å². The number of thioether (sulfide) groups is 1. The molecule has 0 bridgehead atoms. The minimum absolute atomic E-state index is 0.247. The third-order valence-corrected chi connectivity index (χ3v) is 2.71. The molecule has 0 saturated heterocycles. The van der Waals surface area contributed by atoms with Gasteiger partial charge in [-0.15, -0.1) is 23.6 Å². The summed E-state index contributed by atoms with van der Waals surface area (Å²) in [5, 5.41) is 0. The van der Waals surface area contributed by atoms with Crippen molar-refractivity contribution in [3.8, 4) is 11.8 Å². The fourth-order valence-corrected chi connectivity index (χ4v) is 1.82. The van der Waals surface area contributed by atoms with Crippen molar-refractivity contribution in [1.82, 2.24) is 0 Å². The lowest BCUT2D eigenvalue weighted by Gasteiger charge is -2.03. The zero-order valence-electron chi connectivity index (χ0n) is 8.01. The molecule has 0 unspecified atom stereocenters. The lowest BCUT2D eigenvalue weighted by atomic mass is 10.3. The first-order chi connectivity index (χ1) is 6.74. The van der Waals surface area contributed by atoms with Gasteiger partial charge in [0.2, 0.25) is 0 Å². The Labute approximate surface area is 87.9 Å². The first-order valence-electron chi connectivity index (χ1n) is 4.31. The number of hydrogen-bond donors (Lipinski definition) is 1. The molecular formula is C11H12FNS. The van der Waals surface area contributed by atoms with Crippen LogP contribution in [0.4, 0.5) is 10.1 Å². The minimum atomic E-state index is -0.247. The average molecular weight is 209 g/mol. The molecule has 74 valence electrons. The molecule has 0 amide bonds. The number of nitrogens with two attached hydrogens (primary N) is 1. The van der Waals surface area contributed by atoms with E-state index < -0.39 is 0 Å². The topological polar surface area (TPSA) is 26.0 Å². The Hall–Kier alpha value is -1.14. The molecule has 1 nitrogen and oxygen atoms in total. The molecule has 1 aromatic rings. The van der Waals surface area contributed by atoms with Crippen LogP contribution in [-0.2, 0) is 0 Å². The van der Waals surface area contributed by atoms with Crippen LogP contribution < -0.4 is 5.73 Å². The van der Waals surface area contributed by atoms with Gasteiger partial charge in [-0.3, -0.25) is 0 Å². The van der Waals surface area contributed by atoms with Gasteiger partial charge in [0.15, 0.2) is 0 Å². The van der Waals surface area contributed by atoms with Gasteiger partial charge in [-0.05, 0) is 25.1 Å². The maximum Gasteiger partial charge on any atom is 0.124 e. The maximum absolute atomic E-state index is 12.8. The number of anilines is 1. The van der Waals surface area contributed by atoms with Gasteiger partial charge in [0.25, 0.3) is 0 Å². The van der Waals surface area contributed by atoms with Crippen LogP contribution in [0.3, 0.4) is 0 Å². The number of benzene rings is 1. The van der Waals surface area contributed by atoms with Gasteiger partial charge < -0.3 is 5.73 Å². The summed E-state index contributed by atoms with van der Waals surface area (Å²) in [6.07, 6.45) is 0.803. The highest BCUT2D eigenvalue weighted by Crippen LogP contribution is 2.25. The second-order valence-corrected chi connectivity index (χ2v) is 3.84. The third-order valence-electron chi connectivity index (χ3n) is 1.64. The summed E-state index contributed by atoms with van der Waals surface area (Å²) in [6, 6.07) is 4.41. The molecule has 0 spiro atoms. The van der Waals surface area contributed by atoms with Crippen LogP contribution in [0.15, 0.2) is 23.1 Å². The van der Waals surface area contributed by atoms with Crippen molar-refractivity contribution in [3.05, 3.63) is 24.0 Å². The van der Waals surface area contributed by atoms with Crippen LogP contribution >= 0.6 is 11.8 Å². The molecule has 0 aliphatic carbocycles. The molecule has 1 rings (SSSR count). The second-order valence-electron chi connectivity index (χ2n) is 2.71. The SMILES string of the molecule is CC#CCCSc1cc(F)ccc1N. The molecule has 0 atom stereocenters. The second kappa shape index (κ2) is 5.56. The molecule has 0 heterocycles. The number of halogens is 1. The Morgan fingerprint density at radius 3 is 3.00 bits per heavy atom. The number of rotatable bonds is 3. The summed E-state index contributed by atoms with van der Waals surface area (Å²) < 4.78 is 12.8. The van der Waals surface area contributed by atoms with Crippen LogP contribution in [-0.4, -0.2) is 5.75 Å². The Morgan fingerprint density at radius 2 is 2.29 bits per heavy atom. The van der Waals surface area contributed by atoms with E-state index in [-0.39, 0.29) is 5.82 Å². The highest BCUT2D eigenvalue weighted by Gasteiger charge is 2.00. The van der Waals surface area contributed by atoms with Crippen molar-refractivity contribution >= 4 is 17.4 Å². The van der Waals surface area contributed by atoms with Crippen LogP contribution in [0.1, 0.15) is 13.3 Å². The summed E-state index contributed by atoms with van der Waals surface area (Å²) in [5.74, 6) is 6.35. The highest BCUT2D eigenvalue weighted by atomic mass is 32.2. The minimum Gasteiger partial charge on any atom is -0.398 e. The van der Waals surface area contributed by atoms with E-state index in [1.165, 1.54) is 23.9 Å². The van der Waals surface area contributed by atoms with E-state index in [0.717, 1.165) is 17.1 Å². The molecule has 14 heavy (non-hydrogen) atoms. The van der Waals surface area contributed by atoms with E-state index in [9.17, 15) is 4.39 Å². The third kappa shape index (κ3) is 3.31. The van der Waals surface area contributed by atoms with Gasteiger partial charge in [-0.1, -0.05) is 0 Å². The summed E-state index contributed by atoms with van der Waals surface area (Å²) in [5.41, 5.74) is 6.31. The Balaban J connectivity index is 2.56. The zero-order valence-corrected chi connectivity index (χ0v) is 8.83. The van der Waals surface area contributed by atoms with Gasteiger partial charge in [0.05, 0.1) is 0 Å². The monoisotopic (exact) mass is 209 g/mol. The molecular weight excluding hydrogens is 197 g/mol. The molecule has 2 N–H and O–H groups in total. The number of hydrogen-bond acceptors (Lipinski definition) is 2. The van der Waals surface area contributed by atoms with Crippen molar-refractivity contribution < 1.29 is 4.39 Å². The van der Waals surface area contributed by atoms with Gasteiger partial charge in [-0.25, -0.2) is 4.39 Å². The molecule has 0 saturated carbocycles. The summed E-state index contributed by atoms with van der Waals surface area (Å²) in [4.78, 5) is 0.794. The van der Waals surface area contributed by atoms with Gasteiger partial charge in [-0.2, -0.15) is 0 Å². The Kier molecular flexibility index (Phi) is 4.34. The first kappa shape index (κ1) is 10.9. The molecule has 0 radical (unpaired) electrons. The zero-order chi connectivity index (χ0) is 10.4. The Morgan fingerprint density at radius 1 is 1.50 bits per heavy atom. The van der Waals surface area contributed by atoms with E-state index in [0.29, 0.717) is 5.69 Å².